The zero-order chi connectivity index (χ0) is 34.5. The van der Waals surface area contributed by atoms with E-state index >= 15 is 0 Å². The fraction of sp³-hybridized carbons (Fsp3) is 0. The number of para-hydroxylation sites is 1. The molecule has 4 nitrogen and oxygen atoms in total. The van der Waals surface area contributed by atoms with Crippen molar-refractivity contribution in [3.05, 3.63) is 180 Å². The number of nitrogens with zero attached hydrogens (tertiary/aromatic N) is 4. The van der Waals surface area contributed by atoms with Gasteiger partial charge in [-0.2, -0.15) is 10.5 Å². The smallest absolute Gasteiger partial charge is 0.195 e. The van der Waals surface area contributed by atoms with Gasteiger partial charge >= 0.3 is 0 Å². The van der Waals surface area contributed by atoms with Gasteiger partial charge in [0.05, 0.1) is 40.9 Å². The minimum Gasteiger partial charge on any atom is -0.309 e. The number of rotatable bonds is 4. The topological polar surface area (TPSA) is 56.9 Å². The summed E-state index contributed by atoms with van der Waals surface area (Å²) in [6.45, 7) is 8.16. The Kier molecular flexibility index (Phi) is 6.93. The Labute approximate surface area is 294 Å². The normalized spacial score (nSPS) is 11.1. The molecule has 0 fully saturated rings. The van der Waals surface area contributed by atoms with E-state index < -0.39 is 0 Å². The second-order valence-corrected chi connectivity index (χ2v) is 12.6. The molecular weight excluding hydrogens is 621 g/mol. The predicted octanol–water partition coefficient (Wildman–Crippen LogP) is 12.4. The van der Waals surface area contributed by atoms with Crippen LogP contribution in [0.2, 0.25) is 0 Å². The summed E-state index contributed by atoms with van der Waals surface area (Å²) in [5.41, 5.74) is 10.2. The molecule has 1 aromatic heterocycles. The average Bonchev–Trinajstić information content (AvgIpc) is 3.53. The molecule has 0 aliphatic rings. The number of hydrogen-bond acceptors (Lipinski definition) is 2. The second-order valence-electron chi connectivity index (χ2n) is 12.6. The highest BCUT2D eigenvalue weighted by Gasteiger charge is 2.20. The highest BCUT2D eigenvalue weighted by molar-refractivity contribution is 6.21. The van der Waals surface area contributed by atoms with Crippen molar-refractivity contribution in [3.63, 3.8) is 0 Å². The minimum absolute atomic E-state index is 0.467. The first kappa shape index (κ1) is 29.7. The van der Waals surface area contributed by atoms with Crippen LogP contribution in [-0.2, 0) is 0 Å². The van der Waals surface area contributed by atoms with Crippen LogP contribution in [0, 0.1) is 29.2 Å². The lowest BCUT2D eigenvalue weighted by atomic mass is 9.85. The molecule has 1 heterocycles. The lowest BCUT2D eigenvalue weighted by Crippen LogP contribution is -1.96. The molecule has 9 aromatic rings. The average molecular weight is 647 g/mol. The lowest BCUT2D eigenvalue weighted by Gasteiger charge is -2.19. The summed E-state index contributed by atoms with van der Waals surface area (Å²) in [5.74, 6) is 0. The summed E-state index contributed by atoms with van der Waals surface area (Å²) in [6.07, 6.45) is 0. The Balaban J connectivity index is 1.31. The van der Waals surface area contributed by atoms with E-state index in [0.717, 1.165) is 65.7 Å². The molecule has 0 amide bonds. The van der Waals surface area contributed by atoms with Crippen molar-refractivity contribution in [1.82, 2.24) is 4.57 Å². The molecule has 4 heteroatoms. The monoisotopic (exact) mass is 646 g/mol. The highest BCUT2D eigenvalue weighted by Crippen LogP contribution is 2.45. The number of benzene rings is 8. The fourth-order valence-corrected chi connectivity index (χ4v) is 7.67. The molecule has 51 heavy (non-hydrogen) atoms. The van der Waals surface area contributed by atoms with Crippen LogP contribution in [0.3, 0.4) is 0 Å². The van der Waals surface area contributed by atoms with E-state index in [1.165, 1.54) is 5.56 Å². The van der Waals surface area contributed by atoms with Crippen molar-refractivity contribution in [2.45, 2.75) is 0 Å². The summed E-state index contributed by atoms with van der Waals surface area (Å²) in [6, 6.07) is 57.9. The Morgan fingerprint density at radius 1 is 0.471 bits per heavy atom. The van der Waals surface area contributed by atoms with Gasteiger partial charge in [0.15, 0.2) is 5.69 Å². The third-order valence-electron chi connectivity index (χ3n) is 9.87. The Morgan fingerprint density at radius 3 is 1.73 bits per heavy atom. The van der Waals surface area contributed by atoms with Crippen LogP contribution in [0.4, 0.5) is 5.69 Å². The van der Waals surface area contributed by atoms with Crippen LogP contribution >= 0.6 is 0 Å². The van der Waals surface area contributed by atoms with E-state index in [-0.39, 0.29) is 0 Å². The molecule has 0 spiro atoms. The van der Waals surface area contributed by atoms with Crippen LogP contribution in [0.1, 0.15) is 11.1 Å². The van der Waals surface area contributed by atoms with Gasteiger partial charge in [0, 0.05) is 16.5 Å². The summed E-state index contributed by atoms with van der Waals surface area (Å²) < 4.78 is 2.17. The first-order chi connectivity index (χ1) is 25.2. The SMILES string of the molecule is [C-]#[N+]c1ccc(-n2c3ccccc3c3cc(C#N)ccc32)cc1-c1cc(-c2c3ccccc3c(-c3ccccc3)c3ccccc23)ccc1C#N. The number of hydrogen-bond donors (Lipinski definition) is 0. The molecular formula is C47H26N4. The van der Waals surface area contributed by atoms with Gasteiger partial charge in [-0.05, 0) is 103 Å². The largest absolute Gasteiger partial charge is 0.309 e. The molecule has 0 aliphatic carbocycles. The Hall–Kier alpha value is -7.45. The maximum atomic E-state index is 10.4. The van der Waals surface area contributed by atoms with Crippen LogP contribution in [-0.4, -0.2) is 4.57 Å². The molecule has 234 valence electrons. The predicted molar refractivity (Wildman–Crippen MR) is 208 cm³/mol. The van der Waals surface area contributed by atoms with E-state index in [1.54, 1.807) is 0 Å². The maximum Gasteiger partial charge on any atom is 0.195 e. The molecule has 0 aliphatic heterocycles. The van der Waals surface area contributed by atoms with Gasteiger partial charge in [-0.1, -0.05) is 109 Å². The van der Waals surface area contributed by atoms with Gasteiger partial charge in [-0.25, -0.2) is 4.85 Å². The van der Waals surface area contributed by atoms with Gasteiger partial charge in [0.1, 0.15) is 0 Å². The zero-order valence-corrected chi connectivity index (χ0v) is 27.3. The number of nitriles is 2. The van der Waals surface area contributed by atoms with Gasteiger partial charge < -0.3 is 4.57 Å². The van der Waals surface area contributed by atoms with Crippen molar-refractivity contribution in [2.24, 2.45) is 0 Å². The Morgan fingerprint density at radius 2 is 1.08 bits per heavy atom. The van der Waals surface area contributed by atoms with Crippen LogP contribution in [0.5, 0.6) is 0 Å². The quantitative estimate of drug-likeness (QED) is 0.141. The van der Waals surface area contributed by atoms with Crippen LogP contribution in [0.25, 0.3) is 87.3 Å². The summed E-state index contributed by atoms with van der Waals surface area (Å²) in [7, 11) is 0. The first-order valence-corrected chi connectivity index (χ1v) is 16.7. The van der Waals surface area contributed by atoms with Crippen LogP contribution in [0.15, 0.2) is 158 Å². The van der Waals surface area contributed by atoms with Crippen molar-refractivity contribution in [3.8, 4) is 51.2 Å². The van der Waals surface area contributed by atoms with E-state index in [0.29, 0.717) is 27.9 Å². The third-order valence-corrected chi connectivity index (χ3v) is 9.87. The van der Waals surface area contributed by atoms with Crippen molar-refractivity contribution < 1.29 is 0 Å². The van der Waals surface area contributed by atoms with Crippen molar-refractivity contribution in [1.29, 1.82) is 10.5 Å². The van der Waals surface area contributed by atoms with E-state index in [1.807, 2.05) is 66.7 Å². The molecule has 0 bridgehead atoms. The maximum absolute atomic E-state index is 10.4. The van der Waals surface area contributed by atoms with Gasteiger partial charge in [-0.15, -0.1) is 0 Å². The lowest BCUT2D eigenvalue weighted by molar-refractivity contribution is 1.18. The third kappa shape index (κ3) is 4.66. The second kappa shape index (κ2) is 11.9. The molecule has 0 atom stereocenters. The molecule has 9 rings (SSSR count). The number of aromatic nitrogens is 1. The highest BCUT2D eigenvalue weighted by atomic mass is 15.0. The summed E-state index contributed by atoms with van der Waals surface area (Å²) in [4.78, 5) is 3.93. The molecule has 8 aromatic carbocycles. The summed E-state index contributed by atoms with van der Waals surface area (Å²) >= 11 is 0. The summed E-state index contributed by atoms with van der Waals surface area (Å²) in [5, 5.41) is 26.6. The first-order valence-electron chi connectivity index (χ1n) is 16.7. The van der Waals surface area contributed by atoms with Crippen LogP contribution < -0.4 is 0 Å². The zero-order valence-electron chi connectivity index (χ0n) is 27.3. The minimum atomic E-state index is 0.467. The molecule has 0 saturated heterocycles. The van der Waals surface area contributed by atoms with Gasteiger partial charge in [0.25, 0.3) is 0 Å². The standard InChI is InChI=1S/C47H26N4/c1-50-43-23-22-34(51-44-18-10-9-13-35(44)42-25-30(28-48)19-24-45(42)51)27-41(43)40-26-32(20-21-33(40)29-49)47-38-16-7-5-14-36(38)46(31-11-3-2-4-12-31)37-15-6-8-17-39(37)47/h2-27H. The van der Waals surface area contributed by atoms with E-state index in [9.17, 15) is 10.5 Å². The van der Waals surface area contributed by atoms with E-state index in [4.69, 9.17) is 6.57 Å². The number of fused-ring (bicyclic) bond motifs is 5. The Bertz CT molecular complexity index is 2940. The molecule has 0 N–H and O–H groups in total. The molecule has 0 unspecified atom stereocenters. The van der Waals surface area contributed by atoms with E-state index in [2.05, 4.69) is 113 Å². The molecule has 0 radical (unpaired) electrons. The van der Waals surface area contributed by atoms with Gasteiger partial charge in [-0.3, -0.25) is 0 Å². The fourth-order valence-electron chi connectivity index (χ4n) is 7.67. The van der Waals surface area contributed by atoms with Crippen molar-refractivity contribution >= 4 is 49.0 Å². The van der Waals surface area contributed by atoms with Crippen molar-refractivity contribution in [2.75, 3.05) is 0 Å². The van der Waals surface area contributed by atoms with Gasteiger partial charge in [0.2, 0.25) is 0 Å². The molecule has 0 saturated carbocycles.